The maximum absolute atomic E-state index is 13.1. The zero-order valence-corrected chi connectivity index (χ0v) is 9.93. The molecule has 0 aliphatic heterocycles. The Morgan fingerprint density at radius 2 is 2.22 bits per heavy atom. The molecule has 0 aromatic heterocycles. The van der Waals surface area contributed by atoms with Crippen molar-refractivity contribution < 1.29 is 14.1 Å². The Kier molecular flexibility index (Phi) is 3.27. The topological polar surface area (TPSA) is 63.5 Å². The standard InChI is InChI=1S/C12H13FN2O3/c1-14(7-8-2-3-8)12(16)10-6-9(13)4-5-11(10)15(17)18/h4-6,8H,2-3,7H2,1H3. The molecule has 1 aromatic rings. The number of carbonyl (C=O) groups is 1. The van der Waals surface area contributed by atoms with Gasteiger partial charge in [0.1, 0.15) is 11.4 Å². The number of carbonyl (C=O) groups excluding carboxylic acids is 1. The van der Waals surface area contributed by atoms with Gasteiger partial charge in [-0.05, 0) is 30.9 Å². The Bertz CT molecular complexity index is 500. The van der Waals surface area contributed by atoms with Crippen molar-refractivity contribution in [2.24, 2.45) is 5.92 Å². The van der Waals surface area contributed by atoms with Crippen molar-refractivity contribution in [3.05, 3.63) is 39.7 Å². The number of nitro groups is 1. The van der Waals surface area contributed by atoms with Crippen LogP contribution in [-0.2, 0) is 0 Å². The smallest absolute Gasteiger partial charge is 0.282 e. The number of amides is 1. The van der Waals surface area contributed by atoms with E-state index in [0.717, 1.165) is 31.0 Å². The highest BCUT2D eigenvalue weighted by Gasteiger charge is 2.28. The molecule has 0 heterocycles. The second-order valence-corrected chi connectivity index (χ2v) is 4.55. The van der Waals surface area contributed by atoms with Gasteiger partial charge in [-0.3, -0.25) is 14.9 Å². The average molecular weight is 252 g/mol. The summed E-state index contributed by atoms with van der Waals surface area (Å²) < 4.78 is 13.1. The van der Waals surface area contributed by atoms with E-state index in [2.05, 4.69) is 0 Å². The van der Waals surface area contributed by atoms with E-state index in [1.54, 1.807) is 7.05 Å². The normalized spacial score (nSPS) is 14.3. The van der Waals surface area contributed by atoms with Crippen molar-refractivity contribution in [1.29, 1.82) is 0 Å². The summed E-state index contributed by atoms with van der Waals surface area (Å²) in [5.41, 5.74) is -0.549. The summed E-state index contributed by atoms with van der Waals surface area (Å²) in [5, 5.41) is 10.8. The van der Waals surface area contributed by atoms with Crippen molar-refractivity contribution in [3.8, 4) is 0 Å². The number of nitro benzene ring substituents is 1. The zero-order valence-electron chi connectivity index (χ0n) is 9.93. The number of nitrogens with zero attached hydrogens (tertiary/aromatic N) is 2. The molecular formula is C12H13FN2O3. The molecule has 0 radical (unpaired) electrons. The van der Waals surface area contributed by atoms with Gasteiger partial charge >= 0.3 is 0 Å². The lowest BCUT2D eigenvalue weighted by molar-refractivity contribution is -0.385. The van der Waals surface area contributed by atoms with E-state index >= 15 is 0 Å². The Morgan fingerprint density at radius 1 is 1.56 bits per heavy atom. The quantitative estimate of drug-likeness (QED) is 0.609. The van der Waals surface area contributed by atoms with Gasteiger partial charge in [0.05, 0.1) is 4.92 Å². The van der Waals surface area contributed by atoms with E-state index in [9.17, 15) is 19.3 Å². The van der Waals surface area contributed by atoms with Gasteiger partial charge in [-0.25, -0.2) is 4.39 Å². The van der Waals surface area contributed by atoms with Crippen LogP contribution in [0.3, 0.4) is 0 Å². The van der Waals surface area contributed by atoms with E-state index in [-0.39, 0.29) is 11.3 Å². The Morgan fingerprint density at radius 3 is 2.78 bits per heavy atom. The van der Waals surface area contributed by atoms with Crippen LogP contribution in [0, 0.1) is 21.8 Å². The maximum Gasteiger partial charge on any atom is 0.282 e. The molecule has 1 amide bonds. The third-order valence-electron chi connectivity index (χ3n) is 2.96. The van der Waals surface area contributed by atoms with Crippen LogP contribution >= 0.6 is 0 Å². The SMILES string of the molecule is CN(CC1CC1)C(=O)c1cc(F)ccc1[N+](=O)[O-]. The molecule has 0 bridgehead atoms. The molecule has 0 saturated heterocycles. The molecule has 5 nitrogen and oxygen atoms in total. The largest absolute Gasteiger partial charge is 0.341 e. The van der Waals surface area contributed by atoms with Crippen LogP contribution in [-0.4, -0.2) is 29.3 Å². The lowest BCUT2D eigenvalue weighted by atomic mass is 10.1. The van der Waals surface area contributed by atoms with Crippen LogP contribution in [0.25, 0.3) is 0 Å². The molecule has 0 unspecified atom stereocenters. The summed E-state index contributed by atoms with van der Waals surface area (Å²) in [6, 6.07) is 2.92. The molecule has 96 valence electrons. The average Bonchev–Trinajstić information content (AvgIpc) is 3.11. The molecular weight excluding hydrogens is 239 g/mol. The van der Waals surface area contributed by atoms with Gasteiger partial charge < -0.3 is 4.90 Å². The molecule has 0 atom stereocenters. The number of hydrogen-bond donors (Lipinski definition) is 0. The van der Waals surface area contributed by atoms with Gasteiger partial charge in [-0.15, -0.1) is 0 Å². The molecule has 0 N–H and O–H groups in total. The lowest BCUT2D eigenvalue weighted by Gasteiger charge is -2.16. The van der Waals surface area contributed by atoms with Crippen molar-refractivity contribution in [2.75, 3.05) is 13.6 Å². The van der Waals surface area contributed by atoms with Crippen LogP contribution in [0.4, 0.5) is 10.1 Å². The Hall–Kier alpha value is -1.98. The fourth-order valence-corrected chi connectivity index (χ4v) is 1.82. The summed E-state index contributed by atoms with van der Waals surface area (Å²) in [6.07, 6.45) is 2.14. The summed E-state index contributed by atoms with van der Waals surface area (Å²) in [6.45, 7) is 0.562. The molecule has 18 heavy (non-hydrogen) atoms. The lowest BCUT2D eigenvalue weighted by Crippen LogP contribution is -2.29. The van der Waals surface area contributed by atoms with E-state index in [4.69, 9.17) is 0 Å². The highest BCUT2D eigenvalue weighted by atomic mass is 19.1. The van der Waals surface area contributed by atoms with Gasteiger partial charge in [0, 0.05) is 19.7 Å². The van der Waals surface area contributed by atoms with Crippen LogP contribution in [0.15, 0.2) is 18.2 Å². The summed E-state index contributed by atoms with van der Waals surface area (Å²) in [7, 11) is 1.58. The number of benzene rings is 1. The summed E-state index contributed by atoms with van der Waals surface area (Å²) >= 11 is 0. The van der Waals surface area contributed by atoms with Crippen molar-refractivity contribution in [1.82, 2.24) is 4.90 Å². The minimum absolute atomic E-state index is 0.192. The monoisotopic (exact) mass is 252 g/mol. The molecule has 1 aliphatic carbocycles. The predicted octanol–water partition coefficient (Wildman–Crippen LogP) is 2.22. The Labute approximate surface area is 103 Å². The number of hydrogen-bond acceptors (Lipinski definition) is 3. The Balaban J connectivity index is 2.26. The van der Waals surface area contributed by atoms with Crippen molar-refractivity contribution in [2.45, 2.75) is 12.8 Å². The number of rotatable bonds is 4. The van der Waals surface area contributed by atoms with Gasteiger partial charge in [-0.2, -0.15) is 0 Å². The molecule has 1 aliphatic rings. The molecule has 0 spiro atoms. The van der Waals surface area contributed by atoms with Crippen LogP contribution in [0.5, 0.6) is 0 Å². The first kappa shape index (κ1) is 12.5. The van der Waals surface area contributed by atoms with Gasteiger partial charge in [0.15, 0.2) is 0 Å². The molecule has 2 rings (SSSR count). The fourth-order valence-electron chi connectivity index (χ4n) is 1.82. The van der Waals surface area contributed by atoms with E-state index in [1.165, 1.54) is 4.90 Å². The third-order valence-corrected chi connectivity index (χ3v) is 2.96. The van der Waals surface area contributed by atoms with E-state index in [0.29, 0.717) is 12.5 Å². The van der Waals surface area contributed by atoms with Crippen molar-refractivity contribution >= 4 is 11.6 Å². The van der Waals surface area contributed by atoms with E-state index < -0.39 is 16.6 Å². The fraction of sp³-hybridized carbons (Fsp3) is 0.417. The summed E-state index contributed by atoms with van der Waals surface area (Å²) in [5.74, 6) is -0.677. The first-order chi connectivity index (χ1) is 8.49. The predicted molar refractivity (Wildman–Crippen MR) is 62.7 cm³/mol. The highest BCUT2D eigenvalue weighted by Crippen LogP contribution is 2.30. The first-order valence-electron chi connectivity index (χ1n) is 5.68. The highest BCUT2D eigenvalue weighted by molar-refractivity contribution is 5.98. The maximum atomic E-state index is 13.1. The van der Waals surface area contributed by atoms with Crippen LogP contribution < -0.4 is 0 Å². The summed E-state index contributed by atoms with van der Waals surface area (Å²) in [4.78, 5) is 23.6. The van der Waals surface area contributed by atoms with Crippen LogP contribution in [0.1, 0.15) is 23.2 Å². The van der Waals surface area contributed by atoms with Crippen LogP contribution in [0.2, 0.25) is 0 Å². The van der Waals surface area contributed by atoms with Crippen molar-refractivity contribution in [3.63, 3.8) is 0 Å². The van der Waals surface area contributed by atoms with Gasteiger partial charge in [0.2, 0.25) is 0 Å². The second-order valence-electron chi connectivity index (χ2n) is 4.55. The molecule has 6 heteroatoms. The third kappa shape index (κ3) is 2.64. The molecule has 1 saturated carbocycles. The molecule has 1 fully saturated rings. The minimum Gasteiger partial charge on any atom is -0.341 e. The van der Waals surface area contributed by atoms with Gasteiger partial charge in [-0.1, -0.05) is 0 Å². The minimum atomic E-state index is -0.669. The number of halogens is 1. The molecule has 1 aromatic carbocycles. The van der Waals surface area contributed by atoms with Gasteiger partial charge in [0.25, 0.3) is 11.6 Å². The zero-order chi connectivity index (χ0) is 13.3. The second kappa shape index (κ2) is 4.72. The first-order valence-corrected chi connectivity index (χ1v) is 5.68. The van der Waals surface area contributed by atoms with E-state index in [1.807, 2.05) is 0 Å².